The summed E-state index contributed by atoms with van der Waals surface area (Å²) in [5.74, 6) is 0. The van der Waals surface area contributed by atoms with Crippen LogP contribution in [0.2, 0.25) is 10.2 Å². The summed E-state index contributed by atoms with van der Waals surface area (Å²) in [5, 5.41) is 11.8. The van der Waals surface area contributed by atoms with Gasteiger partial charge < -0.3 is 5.32 Å². The predicted molar refractivity (Wildman–Crippen MR) is 52.0 cm³/mol. The summed E-state index contributed by atoms with van der Waals surface area (Å²) >= 11 is 11.5. The molecular weight excluding hydrogens is 209 g/mol. The molecule has 0 aromatic carbocycles. The van der Waals surface area contributed by atoms with Crippen molar-refractivity contribution >= 4 is 23.2 Å². The largest absolute Gasteiger partial charge is 0.309 e. The monoisotopic (exact) mass is 217 g/mol. The lowest BCUT2D eigenvalue weighted by atomic mass is 10.1. The summed E-state index contributed by atoms with van der Waals surface area (Å²) in [6.07, 6.45) is 2.26. The zero-order valence-corrected chi connectivity index (χ0v) is 8.44. The van der Waals surface area contributed by atoms with Crippen LogP contribution in [0.3, 0.4) is 0 Å². The highest BCUT2D eigenvalue weighted by atomic mass is 35.5. The molecule has 1 saturated heterocycles. The fraction of sp³-hybridized carbons (Fsp3) is 0.500. The number of nitrogens with one attached hydrogen (secondary N) is 1. The average molecular weight is 218 g/mol. The Morgan fingerprint density at radius 1 is 1.38 bits per heavy atom. The van der Waals surface area contributed by atoms with Crippen molar-refractivity contribution in [2.75, 3.05) is 6.54 Å². The highest BCUT2D eigenvalue weighted by molar-refractivity contribution is 6.41. The SMILES string of the molecule is Clc1cc(C2CCCN2)nnc1Cl. The molecule has 0 bridgehead atoms. The van der Waals surface area contributed by atoms with Crippen molar-refractivity contribution in [3.05, 3.63) is 21.9 Å². The Labute approximate surface area is 86.4 Å². The van der Waals surface area contributed by atoms with E-state index in [4.69, 9.17) is 23.2 Å². The van der Waals surface area contributed by atoms with Crippen LogP contribution in [0.15, 0.2) is 6.07 Å². The maximum Gasteiger partial charge on any atom is 0.170 e. The molecule has 1 aliphatic rings. The van der Waals surface area contributed by atoms with E-state index in [1.165, 1.54) is 6.42 Å². The molecule has 1 atom stereocenters. The quantitative estimate of drug-likeness (QED) is 0.785. The summed E-state index contributed by atoms with van der Waals surface area (Å²) in [5.41, 5.74) is 0.881. The fourth-order valence-corrected chi connectivity index (χ4v) is 1.72. The summed E-state index contributed by atoms with van der Waals surface area (Å²) < 4.78 is 0. The topological polar surface area (TPSA) is 37.8 Å². The van der Waals surface area contributed by atoms with Crippen LogP contribution in [-0.4, -0.2) is 16.7 Å². The average Bonchev–Trinajstić information content (AvgIpc) is 2.62. The van der Waals surface area contributed by atoms with E-state index in [0.29, 0.717) is 11.1 Å². The van der Waals surface area contributed by atoms with E-state index in [1.807, 2.05) is 0 Å². The Morgan fingerprint density at radius 2 is 2.23 bits per heavy atom. The first-order chi connectivity index (χ1) is 6.27. The van der Waals surface area contributed by atoms with E-state index in [-0.39, 0.29) is 5.15 Å². The molecule has 0 radical (unpaired) electrons. The molecule has 1 fully saturated rings. The van der Waals surface area contributed by atoms with E-state index in [1.54, 1.807) is 6.07 Å². The summed E-state index contributed by atoms with van der Waals surface area (Å²) in [7, 11) is 0. The molecule has 1 N–H and O–H groups in total. The van der Waals surface area contributed by atoms with Gasteiger partial charge in [0.25, 0.3) is 0 Å². The van der Waals surface area contributed by atoms with Crippen molar-refractivity contribution in [3.63, 3.8) is 0 Å². The van der Waals surface area contributed by atoms with Crippen LogP contribution in [0, 0.1) is 0 Å². The Kier molecular flexibility index (Phi) is 2.67. The summed E-state index contributed by atoms with van der Waals surface area (Å²) in [6.45, 7) is 1.03. The third-order valence-electron chi connectivity index (χ3n) is 2.14. The Bertz CT molecular complexity index is 310. The molecule has 1 unspecified atom stereocenters. The number of rotatable bonds is 1. The predicted octanol–water partition coefficient (Wildman–Crippen LogP) is 2.21. The van der Waals surface area contributed by atoms with Crippen molar-refractivity contribution in [3.8, 4) is 0 Å². The molecular formula is C8H9Cl2N3. The molecule has 0 amide bonds. The molecule has 1 aromatic heterocycles. The van der Waals surface area contributed by atoms with Crippen molar-refractivity contribution in [2.45, 2.75) is 18.9 Å². The maximum atomic E-state index is 5.83. The standard InChI is InChI=1S/C8H9Cl2N3/c9-5-4-7(12-13-8(5)10)6-2-1-3-11-6/h4,6,11H,1-3H2. The van der Waals surface area contributed by atoms with Gasteiger partial charge in [-0.1, -0.05) is 23.2 Å². The van der Waals surface area contributed by atoms with Crippen LogP contribution in [0.5, 0.6) is 0 Å². The highest BCUT2D eigenvalue weighted by Crippen LogP contribution is 2.25. The van der Waals surface area contributed by atoms with Gasteiger partial charge in [-0.25, -0.2) is 0 Å². The van der Waals surface area contributed by atoms with E-state index in [9.17, 15) is 0 Å². The second kappa shape index (κ2) is 3.78. The van der Waals surface area contributed by atoms with Crippen LogP contribution >= 0.6 is 23.2 Å². The number of aromatic nitrogens is 2. The molecule has 0 saturated carbocycles. The van der Waals surface area contributed by atoms with Crippen LogP contribution in [0.4, 0.5) is 0 Å². The van der Waals surface area contributed by atoms with Gasteiger partial charge in [0.15, 0.2) is 5.15 Å². The van der Waals surface area contributed by atoms with Gasteiger partial charge >= 0.3 is 0 Å². The molecule has 2 heterocycles. The van der Waals surface area contributed by atoms with Crippen LogP contribution < -0.4 is 5.32 Å². The molecule has 13 heavy (non-hydrogen) atoms. The van der Waals surface area contributed by atoms with Gasteiger partial charge in [-0.2, -0.15) is 5.10 Å². The smallest absolute Gasteiger partial charge is 0.170 e. The van der Waals surface area contributed by atoms with Gasteiger partial charge in [-0.15, -0.1) is 5.10 Å². The van der Waals surface area contributed by atoms with Crippen molar-refractivity contribution in [1.82, 2.24) is 15.5 Å². The van der Waals surface area contributed by atoms with Gasteiger partial charge in [0, 0.05) is 0 Å². The van der Waals surface area contributed by atoms with E-state index < -0.39 is 0 Å². The molecule has 70 valence electrons. The van der Waals surface area contributed by atoms with E-state index in [0.717, 1.165) is 18.7 Å². The molecule has 1 aromatic rings. The van der Waals surface area contributed by atoms with Gasteiger partial charge in [-0.05, 0) is 25.5 Å². The molecule has 3 nitrogen and oxygen atoms in total. The lowest BCUT2D eigenvalue weighted by molar-refractivity contribution is 0.616. The lowest BCUT2D eigenvalue weighted by Crippen LogP contribution is -2.14. The van der Waals surface area contributed by atoms with Gasteiger partial charge in [0.05, 0.1) is 16.8 Å². The fourth-order valence-electron chi connectivity index (χ4n) is 1.47. The first kappa shape index (κ1) is 9.19. The zero-order valence-electron chi connectivity index (χ0n) is 6.93. The third kappa shape index (κ3) is 1.93. The third-order valence-corrected chi connectivity index (χ3v) is 2.81. The Balaban J connectivity index is 2.25. The van der Waals surface area contributed by atoms with Gasteiger partial charge in [0.2, 0.25) is 0 Å². The zero-order chi connectivity index (χ0) is 9.26. The van der Waals surface area contributed by atoms with Crippen LogP contribution in [-0.2, 0) is 0 Å². The number of hydrogen-bond donors (Lipinski definition) is 1. The maximum absolute atomic E-state index is 5.83. The number of hydrogen-bond acceptors (Lipinski definition) is 3. The molecule has 0 aliphatic carbocycles. The minimum absolute atomic E-state index is 0.267. The molecule has 1 aliphatic heterocycles. The van der Waals surface area contributed by atoms with Crippen molar-refractivity contribution in [2.24, 2.45) is 0 Å². The minimum Gasteiger partial charge on any atom is -0.309 e. The number of nitrogens with zero attached hydrogens (tertiary/aromatic N) is 2. The highest BCUT2D eigenvalue weighted by Gasteiger charge is 2.18. The second-order valence-electron chi connectivity index (χ2n) is 3.06. The van der Waals surface area contributed by atoms with Gasteiger partial charge in [0.1, 0.15) is 0 Å². The molecule has 2 rings (SSSR count). The Morgan fingerprint density at radius 3 is 2.85 bits per heavy atom. The van der Waals surface area contributed by atoms with E-state index in [2.05, 4.69) is 15.5 Å². The first-order valence-electron chi connectivity index (χ1n) is 4.19. The van der Waals surface area contributed by atoms with Crippen molar-refractivity contribution < 1.29 is 0 Å². The summed E-state index contributed by atoms with van der Waals surface area (Å²) in [6, 6.07) is 2.07. The Hall–Kier alpha value is -0.380. The molecule has 5 heteroatoms. The minimum atomic E-state index is 0.267. The second-order valence-corrected chi connectivity index (χ2v) is 3.82. The lowest BCUT2D eigenvalue weighted by Gasteiger charge is -2.08. The van der Waals surface area contributed by atoms with Gasteiger partial charge in [-0.3, -0.25) is 0 Å². The molecule has 0 spiro atoms. The summed E-state index contributed by atoms with van der Waals surface area (Å²) in [4.78, 5) is 0. The number of halogens is 2. The van der Waals surface area contributed by atoms with Crippen LogP contribution in [0.25, 0.3) is 0 Å². The van der Waals surface area contributed by atoms with Crippen LogP contribution in [0.1, 0.15) is 24.6 Å². The normalized spacial score (nSPS) is 22.2. The van der Waals surface area contributed by atoms with Crippen molar-refractivity contribution in [1.29, 1.82) is 0 Å². The van der Waals surface area contributed by atoms with E-state index >= 15 is 0 Å². The first-order valence-corrected chi connectivity index (χ1v) is 4.95.